The normalized spacial score (nSPS) is 27.1. The summed E-state index contributed by atoms with van der Waals surface area (Å²) < 4.78 is 6.38. The number of aryl methyl sites for hydroxylation is 1. The molecule has 2 aliphatic rings. The van der Waals surface area contributed by atoms with E-state index >= 15 is 0 Å². The van der Waals surface area contributed by atoms with Gasteiger partial charge in [-0.05, 0) is 51.7 Å². The van der Waals surface area contributed by atoms with Crippen molar-refractivity contribution in [2.24, 2.45) is 5.92 Å². The first-order chi connectivity index (χ1) is 9.51. The van der Waals surface area contributed by atoms with Crippen molar-refractivity contribution in [1.82, 2.24) is 0 Å². The van der Waals surface area contributed by atoms with E-state index in [1.807, 2.05) is 0 Å². The van der Waals surface area contributed by atoms with Crippen LogP contribution in [0, 0.1) is 5.92 Å². The molecule has 0 bridgehead atoms. The summed E-state index contributed by atoms with van der Waals surface area (Å²) in [6, 6.07) is 6.87. The lowest BCUT2D eigenvalue weighted by Crippen LogP contribution is -2.45. The number of hydrogen-bond acceptors (Lipinski definition) is 1. The zero-order chi connectivity index (χ0) is 14.3. The van der Waals surface area contributed by atoms with E-state index in [0.717, 1.165) is 12.2 Å². The molecule has 0 saturated heterocycles. The topological polar surface area (TPSA) is 9.23 Å². The molecule has 1 heteroatoms. The minimum absolute atomic E-state index is 0.0558. The molecule has 1 aromatic rings. The summed E-state index contributed by atoms with van der Waals surface area (Å²) in [6.45, 7) is 9.01. The van der Waals surface area contributed by atoms with Crippen LogP contribution < -0.4 is 4.74 Å². The molecule has 1 nitrogen and oxygen atoms in total. The Balaban J connectivity index is 2.06. The van der Waals surface area contributed by atoms with Gasteiger partial charge in [0.2, 0.25) is 0 Å². The molecule has 20 heavy (non-hydrogen) atoms. The van der Waals surface area contributed by atoms with Crippen molar-refractivity contribution in [3.05, 3.63) is 41.0 Å². The van der Waals surface area contributed by atoms with Crippen LogP contribution in [0.5, 0.6) is 5.75 Å². The Hall–Kier alpha value is -1.24. The van der Waals surface area contributed by atoms with E-state index in [0.29, 0.717) is 11.8 Å². The first kappa shape index (κ1) is 13.7. The lowest BCUT2D eigenvalue weighted by atomic mass is 9.68. The Morgan fingerprint density at radius 1 is 1.30 bits per heavy atom. The van der Waals surface area contributed by atoms with E-state index in [9.17, 15) is 0 Å². The highest BCUT2D eigenvalue weighted by Crippen LogP contribution is 2.50. The fourth-order valence-corrected chi connectivity index (χ4v) is 3.90. The molecule has 0 N–H and O–H groups in total. The van der Waals surface area contributed by atoms with Gasteiger partial charge in [-0.25, -0.2) is 0 Å². The van der Waals surface area contributed by atoms with E-state index in [-0.39, 0.29) is 5.60 Å². The molecule has 0 amide bonds. The van der Waals surface area contributed by atoms with Gasteiger partial charge in [-0.2, -0.15) is 0 Å². The maximum absolute atomic E-state index is 6.38. The highest BCUT2D eigenvalue weighted by Gasteiger charge is 2.43. The van der Waals surface area contributed by atoms with Crippen LogP contribution in [0.4, 0.5) is 0 Å². The number of fused-ring (bicyclic) bond motifs is 3. The molecule has 0 fully saturated rings. The van der Waals surface area contributed by atoms with E-state index in [1.165, 1.54) is 36.0 Å². The summed E-state index contributed by atoms with van der Waals surface area (Å²) in [5.74, 6) is 2.27. The van der Waals surface area contributed by atoms with Crippen molar-refractivity contribution in [3.8, 4) is 5.75 Å². The van der Waals surface area contributed by atoms with Gasteiger partial charge in [0.25, 0.3) is 0 Å². The third-order valence-corrected chi connectivity index (χ3v) is 4.99. The summed E-state index contributed by atoms with van der Waals surface area (Å²) in [5, 5.41) is 0. The Bertz CT molecular complexity index is 539. The van der Waals surface area contributed by atoms with Crippen molar-refractivity contribution in [2.75, 3.05) is 0 Å². The Labute approximate surface area is 123 Å². The lowest BCUT2D eigenvalue weighted by Gasteiger charge is -2.46. The second-order valence-corrected chi connectivity index (χ2v) is 7.01. The predicted octanol–water partition coefficient (Wildman–Crippen LogP) is 5.25. The molecule has 0 spiro atoms. The maximum atomic E-state index is 6.38. The molecule has 0 saturated carbocycles. The van der Waals surface area contributed by atoms with Crippen molar-refractivity contribution in [2.45, 2.75) is 64.9 Å². The van der Waals surface area contributed by atoms with Crippen LogP contribution in [-0.4, -0.2) is 5.60 Å². The van der Waals surface area contributed by atoms with Crippen molar-refractivity contribution in [1.29, 1.82) is 0 Å². The molecular weight excluding hydrogens is 244 g/mol. The van der Waals surface area contributed by atoms with Gasteiger partial charge in [0, 0.05) is 17.4 Å². The third kappa shape index (κ3) is 2.28. The highest BCUT2D eigenvalue weighted by molar-refractivity contribution is 5.46. The molecule has 1 aliphatic heterocycles. The fourth-order valence-electron chi connectivity index (χ4n) is 3.90. The van der Waals surface area contributed by atoms with E-state index < -0.39 is 0 Å². The molecular formula is C19H26O. The van der Waals surface area contributed by atoms with Crippen LogP contribution in [0.2, 0.25) is 0 Å². The first-order valence-electron chi connectivity index (χ1n) is 8.00. The number of allylic oxidation sites excluding steroid dienone is 2. The van der Waals surface area contributed by atoms with Crippen LogP contribution in [-0.2, 0) is 6.42 Å². The highest BCUT2D eigenvalue weighted by atomic mass is 16.5. The number of benzene rings is 1. The smallest absolute Gasteiger partial charge is 0.124 e. The van der Waals surface area contributed by atoms with E-state index in [4.69, 9.17) is 4.74 Å². The summed E-state index contributed by atoms with van der Waals surface area (Å²) in [6.07, 6.45) is 7.28. The van der Waals surface area contributed by atoms with Gasteiger partial charge in [0.15, 0.2) is 0 Å². The van der Waals surface area contributed by atoms with Crippen molar-refractivity contribution >= 4 is 0 Å². The summed E-state index contributed by atoms with van der Waals surface area (Å²) in [4.78, 5) is 0. The quantitative estimate of drug-likeness (QED) is 0.667. The third-order valence-electron chi connectivity index (χ3n) is 4.99. The van der Waals surface area contributed by atoms with Crippen molar-refractivity contribution in [3.63, 3.8) is 0 Å². The molecule has 0 aromatic heterocycles. The molecule has 108 valence electrons. The molecule has 2 unspecified atom stereocenters. The van der Waals surface area contributed by atoms with Crippen molar-refractivity contribution < 1.29 is 4.74 Å². The van der Waals surface area contributed by atoms with Gasteiger partial charge >= 0.3 is 0 Å². The Morgan fingerprint density at radius 3 is 2.85 bits per heavy atom. The largest absolute Gasteiger partial charge is 0.487 e. The molecule has 1 aliphatic carbocycles. The van der Waals surface area contributed by atoms with Crippen LogP contribution in [0.3, 0.4) is 0 Å². The van der Waals surface area contributed by atoms with Crippen LogP contribution in [0.15, 0.2) is 29.8 Å². The maximum Gasteiger partial charge on any atom is 0.124 e. The van der Waals surface area contributed by atoms with Gasteiger partial charge in [-0.1, -0.05) is 37.1 Å². The van der Waals surface area contributed by atoms with E-state index in [2.05, 4.69) is 52.0 Å². The lowest BCUT2D eigenvalue weighted by molar-refractivity contribution is 0.0116. The van der Waals surface area contributed by atoms with E-state index in [1.54, 1.807) is 0 Å². The molecule has 3 rings (SSSR count). The average Bonchev–Trinajstić information content (AvgIpc) is 2.37. The molecule has 0 radical (unpaired) electrons. The predicted molar refractivity (Wildman–Crippen MR) is 84.4 cm³/mol. The monoisotopic (exact) mass is 270 g/mol. The molecule has 1 aromatic carbocycles. The SMILES string of the molecule is CCCc1ccc2c(c1)OC(C)(C)C1CCC(C)=CC21. The molecule has 1 heterocycles. The van der Waals surface area contributed by atoms with Crippen LogP contribution in [0.1, 0.15) is 64.0 Å². The van der Waals surface area contributed by atoms with Gasteiger partial charge in [-0.3, -0.25) is 0 Å². The van der Waals surface area contributed by atoms with Gasteiger partial charge in [0.1, 0.15) is 11.4 Å². The summed E-state index contributed by atoms with van der Waals surface area (Å²) >= 11 is 0. The second kappa shape index (κ2) is 4.95. The average molecular weight is 270 g/mol. The summed E-state index contributed by atoms with van der Waals surface area (Å²) in [5.41, 5.74) is 4.28. The minimum atomic E-state index is -0.0558. The minimum Gasteiger partial charge on any atom is -0.487 e. The summed E-state index contributed by atoms with van der Waals surface area (Å²) in [7, 11) is 0. The first-order valence-corrected chi connectivity index (χ1v) is 8.00. The number of hydrogen-bond donors (Lipinski definition) is 0. The second-order valence-electron chi connectivity index (χ2n) is 7.01. The number of rotatable bonds is 2. The Kier molecular flexibility index (Phi) is 3.40. The zero-order valence-corrected chi connectivity index (χ0v) is 13.2. The zero-order valence-electron chi connectivity index (χ0n) is 13.2. The molecule has 2 atom stereocenters. The van der Waals surface area contributed by atoms with Crippen LogP contribution >= 0.6 is 0 Å². The fraction of sp³-hybridized carbons (Fsp3) is 0.579. The number of ether oxygens (including phenoxy) is 1. The Morgan fingerprint density at radius 2 is 2.10 bits per heavy atom. The van der Waals surface area contributed by atoms with Crippen LogP contribution in [0.25, 0.3) is 0 Å². The standard InChI is InChI=1S/C19H26O/c1-5-6-14-8-9-15-16-11-13(2)7-10-17(16)19(3,4)20-18(15)12-14/h8-9,11-12,16-17H,5-7,10H2,1-4H3. The van der Waals surface area contributed by atoms with Gasteiger partial charge in [-0.15, -0.1) is 0 Å². The van der Waals surface area contributed by atoms with Gasteiger partial charge < -0.3 is 4.74 Å². The van der Waals surface area contributed by atoms with Gasteiger partial charge in [0.05, 0.1) is 0 Å².